The maximum absolute atomic E-state index is 13.4. The minimum Gasteiger partial charge on any atom is -0.468 e. The number of aryl methyl sites for hydroxylation is 1. The molecule has 1 unspecified atom stereocenters. The van der Waals surface area contributed by atoms with Crippen LogP contribution in [0.3, 0.4) is 0 Å². The zero-order valence-electron chi connectivity index (χ0n) is 21.3. The Morgan fingerprint density at radius 2 is 1.82 bits per heavy atom. The summed E-state index contributed by atoms with van der Waals surface area (Å²) in [5.41, 5.74) is 2.64. The van der Waals surface area contributed by atoms with Gasteiger partial charge in [0.25, 0.3) is 5.91 Å². The molecule has 0 radical (unpaired) electrons. The SMILES string of the molecule is CC1=C(C(=O)Nc2ccc(S(N)(=O)=O)cc2)C(c2ccco2)C(C#N)=C(SCC(=O)Nc2ccc(C)c(Cl)c2)N1. The Balaban J connectivity index is 1.56. The molecule has 5 N–H and O–H groups in total. The summed E-state index contributed by atoms with van der Waals surface area (Å²) in [6.45, 7) is 3.54. The van der Waals surface area contributed by atoms with Gasteiger partial charge in [0.05, 0.1) is 45.1 Å². The summed E-state index contributed by atoms with van der Waals surface area (Å²) >= 11 is 7.26. The minimum absolute atomic E-state index is 0.0188. The van der Waals surface area contributed by atoms with E-state index >= 15 is 0 Å². The number of furan rings is 1. The highest BCUT2D eigenvalue weighted by atomic mass is 35.5. The van der Waals surface area contributed by atoms with Gasteiger partial charge in [-0.3, -0.25) is 9.59 Å². The summed E-state index contributed by atoms with van der Waals surface area (Å²) in [5.74, 6) is -1.34. The molecule has 0 spiro atoms. The summed E-state index contributed by atoms with van der Waals surface area (Å²) < 4.78 is 28.7. The lowest BCUT2D eigenvalue weighted by Gasteiger charge is -2.28. The summed E-state index contributed by atoms with van der Waals surface area (Å²) in [6, 6.07) is 16.1. The quantitative estimate of drug-likeness (QED) is 0.292. The van der Waals surface area contributed by atoms with Crippen molar-refractivity contribution in [2.75, 3.05) is 16.4 Å². The fourth-order valence-corrected chi connectivity index (χ4v) is 5.59. The number of nitrogens with two attached hydrogens (primary N) is 1. The van der Waals surface area contributed by atoms with Crippen molar-refractivity contribution in [3.63, 3.8) is 0 Å². The van der Waals surface area contributed by atoms with Gasteiger partial charge in [0.15, 0.2) is 0 Å². The molecular formula is C27H24ClN5O5S2. The highest BCUT2D eigenvalue weighted by Crippen LogP contribution is 2.41. The predicted octanol–water partition coefficient (Wildman–Crippen LogP) is 4.60. The second kappa shape index (κ2) is 12.0. The number of hydrogen-bond donors (Lipinski definition) is 4. The van der Waals surface area contributed by atoms with Crippen LogP contribution >= 0.6 is 23.4 Å². The van der Waals surface area contributed by atoms with Crippen molar-refractivity contribution in [2.24, 2.45) is 5.14 Å². The van der Waals surface area contributed by atoms with Crippen LogP contribution in [0.25, 0.3) is 0 Å². The van der Waals surface area contributed by atoms with Gasteiger partial charge in [-0.1, -0.05) is 29.4 Å². The van der Waals surface area contributed by atoms with Crippen LogP contribution in [0.15, 0.2) is 92.0 Å². The lowest BCUT2D eigenvalue weighted by molar-refractivity contribution is -0.114. The molecule has 0 bridgehead atoms. The number of primary sulfonamides is 1. The molecule has 3 aromatic rings. The number of hydrogen-bond acceptors (Lipinski definition) is 8. The Morgan fingerprint density at radius 3 is 2.42 bits per heavy atom. The number of amides is 2. The standard InChI is InChI=1S/C27H24ClN5O5S2/c1-15-5-6-18(12-21(15)28)32-23(34)14-39-27-20(13-29)25(22-4-3-11-38-22)24(16(2)31-27)26(35)33-17-7-9-19(10-8-17)40(30,36)37/h3-12,25,31H,14H2,1-2H3,(H,32,34)(H,33,35)(H2,30,36,37). The number of nitriles is 1. The molecule has 13 heteroatoms. The lowest BCUT2D eigenvalue weighted by Crippen LogP contribution is -2.31. The molecule has 10 nitrogen and oxygen atoms in total. The number of benzene rings is 2. The number of sulfonamides is 1. The zero-order chi connectivity index (χ0) is 29.0. The summed E-state index contributed by atoms with van der Waals surface area (Å²) in [4.78, 5) is 26.0. The van der Waals surface area contributed by atoms with Crippen LogP contribution in [0, 0.1) is 18.3 Å². The number of nitrogens with one attached hydrogen (secondary N) is 3. The first kappa shape index (κ1) is 29.0. The topological polar surface area (TPSA) is 167 Å². The fourth-order valence-electron chi connectivity index (χ4n) is 4.00. The molecule has 0 aliphatic carbocycles. The number of allylic oxidation sites excluding steroid dienone is 2. The van der Waals surface area contributed by atoms with E-state index in [-0.39, 0.29) is 27.7 Å². The van der Waals surface area contributed by atoms with Gasteiger partial charge in [0.1, 0.15) is 5.76 Å². The molecule has 206 valence electrons. The summed E-state index contributed by atoms with van der Waals surface area (Å²) in [5, 5.41) is 24.8. The highest BCUT2D eigenvalue weighted by molar-refractivity contribution is 8.03. The zero-order valence-corrected chi connectivity index (χ0v) is 23.7. The molecule has 1 aromatic heterocycles. The monoisotopic (exact) mass is 597 g/mol. The van der Waals surface area contributed by atoms with Crippen LogP contribution in [0.5, 0.6) is 0 Å². The average molecular weight is 598 g/mol. The van der Waals surface area contributed by atoms with Crippen molar-refractivity contribution >= 4 is 56.6 Å². The van der Waals surface area contributed by atoms with Crippen LogP contribution < -0.4 is 21.1 Å². The van der Waals surface area contributed by atoms with Gasteiger partial charge in [-0.25, -0.2) is 13.6 Å². The first-order chi connectivity index (χ1) is 19.0. The van der Waals surface area contributed by atoms with Crippen molar-refractivity contribution in [3.8, 4) is 6.07 Å². The lowest BCUT2D eigenvalue weighted by atomic mass is 9.85. The van der Waals surface area contributed by atoms with Crippen LogP contribution in [-0.4, -0.2) is 26.0 Å². The Labute approximate surface area is 240 Å². The number of carbonyl (C=O) groups excluding carboxylic acids is 2. The molecule has 0 saturated carbocycles. The van der Waals surface area contributed by atoms with Gasteiger partial charge in [-0.05, 0) is 67.9 Å². The van der Waals surface area contributed by atoms with Crippen molar-refractivity contribution < 1.29 is 22.4 Å². The van der Waals surface area contributed by atoms with E-state index in [0.717, 1.165) is 17.3 Å². The Morgan fingerprint density at radius 1 is 1.12 bits per heavy atom. The number of nitrogens with zero attached hydrogens (tertiary/aromatic N) is 1. The molecule has 0 saturated heterocycles. The van der Waals surface area contributed by atoms with E-state index in [1.54, 1.807) is 37.3 Å². The molecule has 1 aliphatic heterocycles. The average Bonchev–Trinajstić information content (AvgIpc) is 3.43. The van der Waals surface area contributed by atoms with E-state index in [1.807, 2.05) is 6.92 Å². The third kappa shape index (κ3) is 6.57. The van der Waals surface area contributed by atoms with Crippen LogP contribution in [0.4, 0.5) is 11.4 Å². The van der Waals surface area contributed by atoms with E-state index in [1.165, 1.54) is 30.5 Å². The number of anilines is 2. The second-order valence-electron chi connectivity index (χ2n) is 8.79. The largest absolute Gasteiger partial charge is 0.468 e. The molecule has 4 rings (SSSR count). The molecule has 1 aliphatic rings. The molecule has 2 heterocycles. The van der Waals surface area contributed by atoms with E-state index in [9.17, 15) is 23.3 Å². The van der Waals surface area contributed by atoms with Gasteiger partial charge in [0, 0.05) is 22.1 Å². The number of dihydropyridines is 1. The van der Waals surface area contributed by atoms with E-state index in [0.29, 0.717) is 32.9 Å². The molecule has 0 fully saturated rings. The fraction of sp³-hybridized carbons (Fsp3) is 0.148. The number of thioether (sulfide) groups is 1. The molecule has 2 aromatic carbocycles. The molecular weight excluding hydrogens is 574 g/mol. The van der Waals surface area contributed by atoms with E-state index < -0.39 is 21.8 Å². The Bertz CT molecular complexity index is 1670. The maximum Gasteiger partial charge on any atom is 0.254 e. The summed E-state index contributed by atoms with van der Waals surface area (Å²) in [7, 11) is -3.89. The Hall–Kier alpha value is -4.02. The number of halogens is 1. The van der Waals surface area contributed by atoms with Crippen LogP contribution in [0.1, 0.15) is 24.2 Å². The summed E-state index contributed by atoms with van der Waals surface area (Å²) in [6.07, 6.45) is 1.44. The van der Waals surface area contributed by atoms with Gasteiger partial charge >= 0.3 is 0 Å². The smallest absolute Gasteiger partial charge is 0.254 e. The molecule has 2 amide bonds. The highest BCUT2D eigenvalue weighted by Gasteiger charge is 2.36. The number of rotatable bonds is 8. The maximum atomic E-state index is 13.4. The van der Waals surface area contributed by atoms with Crippen molar-refractivity contribution in [1.29, 1.82) is 5.26 Å². The molecule has 1 atom stereocenters. The first-order valence-corrected chi connectivity index (χ1v) is 14.7. The van der Waals surface area contributed by atoms with Gasteiger partial charge < -0.3 is 20.4 Å². The number of carbonyl (C=O) groups is 2. The van der Waals surface area contributed by atoms with Crippen molar-refractivity contribution in [1.82, 2.24) is 5.32 Å². The van der Waals surface area contributed by atoms with Gasteiger partial charge in [0.2, 0.25) is 15.9 Å². The normalized spacial score (nSPS) is 15.3. The minimum atomic E-state index is -3.89. The predicted molar refractivity (Wildman–Crippen MR) is 154 cm³/mol. The Kier molecular flexibility index (Phi) is 8.70. The van der Waals surface area contributed by atoms with Gasteiger partial charge in [-0.15, -0.1) is 0 Å². The third-order valence-corrected chi connectivity index (χ3v) is 8.32. The van der Waals surface area contributed by atoms with Crippen LogP contribution in [0.2, 0.25) is 5.02 Å². The van der Waals surface area contributed by atoms with Crippen LogP contribution in [-0.2, 0) is 19.6 Å². The van der Waals surface area contributed by atoms with E-state index in [2.05, 4.69) is 22.0 Å². The third-order valence-electron chi connectivity index (χ3n) is 5.96. The van der Waals surface area contributed by atoms with Crippen molar-refractivity contribution in [2.45, 2.75) is 24.7 Å². The van der Waals surface area contributed by atoms with Gasteiger partial charge in [-0.2, -0.15) is 5.26 Å². The van der Waals surface area contributed by atoms with E-state index in [4.69, 9.17) is 21.2 Å². The molecule has 40 heavy (non-hydrogen) atoms. The first-order valence-electron chi connectivity index (χ1n) is 11.8. The van der Waals surface area contributed by atoms with Crippen molar-refractivity contribution in [3.05, 3.63) is 99.1 Å². The second-order valence-corrected chi connectivity index (χ2v) is 11.7.